The Morgan fingerprint density at radius 1 is 1.50 bits per heavy atom. The van der Waals surface area contributed by atoms with Gasteiger partial charge in [0.25, 0.3) is 0 Å². The van der Waals surface area contributed by atoms with E-state index < -0.39 is 11.2 Å². The number of alkyl halides is 1. The highest BCUT2D eigenvalue weighted by molar-refractivity contribution is 6.21. The van der Waals surface area contributed by atoms with Crippen LogP contribution in [-0.4, -0.2) is 18.8 Å². The molecular weight excluding hydrogens is 231 g/mol. The van der Waals surface area contributed by atoms with Crippen LogP contribution in [-0.2, 0) is 0 Å². The fourth-order valence-corrected chi connectivity index (χ4v) is 1.40. The number of hydrogen-bond acceptors (Lipinski definition) is 2. The maximum Gasteiger partial charge on any atom is 0.173 e. The number of rotatable bonds is 4. The number of methoxy groups -OCH3 is 1. The van der Waals surface area contributed by atoms with Crippen LogP contribution in [0.5, 0.6) is 5.75 Å². The van der Waals surface area contributed by atoms with Crippen LogP contribution >= 0.6 is 11.6 Å². The first-order valence-electron chi connectivity index (χ1n) is 4.86. The number of benzene rings is 1. The first kappa shape index (κ1) is 13.0. The third kappa shape index (κ3) is 2.53. The van der Waals surface area contributed by atoms with Crippen molar-refractivity contribution in [2.75, 3.05) is 13.0 Å². The highest BCUT2D eigenvalue weighted by atomic mass is 35.5. The molecule has 1 rings (SSSR count). The maximum atomic E-state index is 13.1. The summed E-state index contributed by atoms with van der Waals surface area (Å²) in [6.07, 6.45) is 0. The van der Waals surface area contributed by atoms with Crippen LogP contribution in [0.15, 0.2) is 18.2 Å². The average Bonchev–Trinajstić information content (AvgIpc) is 2.28. The zero-order valence-corrected chi connectivity index (χ0v) is 10.3. The summed E-state index contributed by atoms with van der Waals surface area (Å²) in [5.74, 6) is -0.149. The van der Waals surface area contributed by atoms with Crippen molar-refractivity contribution < 1.29 is 13.9 Å². The van der Waals surface area contributed by atoms with Gasteiger partial charge in [0.05, 0.1) is 12.7 Å². The molecule has 2 nitrogen and oxygen atoms in total. The summed E-state index contributed by atoms with van der Waals surface area (Å²) < 4.78 is 18.1. The van der Waals surface area contributed by atoms with Gasteiger partial charge in [-0.25, -0.2) is 4.39 Å². The minimum Gasteiger partial charge on any atom is -0.496 e. The number of ketones is 1. The number of hydrogen-bond donors (Lipinski definition) is 0. The van der Waals surface area contributed by atoms with Crippen molar-refractivity contribution in [2.24, 2.45) is 5.41 Å². The quantitative estimate of drug-likeness (QED) is 0.600. The van der Waals surface area contributed by atoms with Crippen LogP contribution in [0.1, 0.15) is 24.2 Å². The molecule has 0 spiro atoms. The zero-order chi connectivity index (χ0) is 12.3. The second-order valence-electron chi connectivity index (χ2n) is 4.19. The van der Waals surface area contributed by atoms with Crippen LogP contribution in [0.25, 0.3) is 0 Å². The number of halogens is 2. The Morgan fingerprint density at radius 3 is 2.62 bits per heavy atom. The molecule has 0 amide bonds. The molecule has 0 fully saturated rings. The van der Waals surface area contributed by atoms with E-state index in [2.05, 4.69) is 0 Å². The van der Waals surface area contributed by atoms with Crippen molar-refractivity contribution >= 4 is 17.4 Å². The summed E-state index contributed by atoms with van der Waals surface area (Å²) >= 11 is 5.72. The van der Waals surface area contributed by atoms with Crippen LogP contribution in [0.3, 0.4) is 0 Å². The van der Waals surface area contributed by atoms with E-state index in [0.29, 0.717) is 5.75 Å². The Bertz CT molecular complexity index is 402. The zero-order valence-electron chi connectivity index (χ0n) is 9.51. The van der Waals surface area contributed by atoms with E-state index in [1.165, 1.54) is 25.3 Å². The van der Waals surface area contributed by atoms with Gasteiger partial charge in [0.15, 0.2) is 5.78 Å². The summed E-state index contributed by atoms with van der Waals surface area (Å²) in [5, 5.41) is 0. The Hall–Kier alpha value is -1.09. The molecule has 4 heteroatoms. The molecule has 0 heterocycles. The van der Waals surface area contributed by atoms with Gasteiger partial charge < -0.3 is 4.74 Å². The average molecular weight is 245 g/mol. The molecule has 0 aliphatic heterocycles. The lowest BCUT2D eigenvalue weighted by molar-refractivity contribution is 0.0858. The molecule has 0 N–H and O–H groups in total. The topological polar surface area (TPSA) is 26.3 Å². The largest absolute Gasteiger partial charge is 0.496 e. The van der Waals surface area contributed by atoms with Gasteiger partial charge >= 0.3 is 0 Å². The van der Waals surface area contributed by atoms with Crippen molar-refractivity contribution in [1.29, 1.82) is 0 Å². The SMILES string of the molecule is COc1ccc(F)cc1C(=O)C(C)(C)CCl. The third-order valence-electron chi connectivity index (χ3n) is 2.35. The van der Waals surface area contributed by atoms with E-state index in [4.69, 9.17) is 16.3 Å². The molecular formula is C12H14ClFO2. The molecule has 16 heavy (non-hydrogen) atoms. The molecule has 1 aromatic rings. The summed E-state index contributed by atoms with van der Waals surface area (Å²) in [4.78, 5) is 12.1. The molecule has 0 aliphatic rings. The molecule has 0 saturated carbocycles. The summed E-state index contributed by atoms with van der Waals surface area (Å²) in [6, 6.07) is 3.87. The molecule has 0 unspecified atom stereocenters. The highest BCUT2D eigenvalue weighted by Gasteiger charge is 2.30. The van der Waals surface area contributed by atoms with Crippen molar-refractivity contribution in [2.45, 2.75) is 13.8 Å². The number of ether oxygens (including phenoxy) is 1. The van der Waals surface area contributed by atoms with E-state index in [0.717, 1.165) is 0 Å². The summed E-state index contributed by atoms with van der Waals surface area (Å²) in [5.41, 5.74) is -0.504. The lowest BCUT2D eigenvalue weighted by Crippen LogP contribution is -2.26. The van der Waals surface area contributed by atoms with Crippen LogP contribution in [0.4, 0.5) is 4.39 Å². The van der Waals surface area contributed by atoms with Crippen molar-refractivity contribution in [3.8, 4) is 5.75 Å². The lowest BCUT2D eigenvalue weighted by Gasteiger charge is -2.20. The van der Waals surface area contributed by atoms with Gasteiger partial charge in [-0.05, 0) is 18.2 Å². The molecule has 0 bridgehead atoms. The normalized spacial score (nSPS) is 11.3. The molecule has 0 aromatic heterocycles. The predicted molar refractivity (Wildman–Crippen MR) is 61.8 cm³/mol. The Labute approximate surface area is 99.4 Å². The van der Waals surface area contributed by atoms with Crippen LogP contribution < -0.4 is 4.74 Å². The van der Waals surface area contributed by atoms with E-state index in [1.54, 1.807) is 13.8 Å². The maximum absolute atomic E-state index is 13.1. The van der Waals surface area contributed by atoms with E-state index >= 15 is 0 Å². The van der Waals surface area contributed by atoms with Crippen molar-refractivity contribution in [3.05, 3.63) is 29.6 Å². The van der Waals surface area contributed by atoms with Gasteiger partial charge in [-0.1, -0.05) is 13.8 Å². The first-order chi connectivity index (χ1) is 7.42. The second-order valence-corrected chi connectivity index (χ2v) is 4.46. The molecule has 1 aromatic carbocycles. The highest BCUT2D eigenvalue weighted by Crippen LogP contribution is 2.29. The van der Waals surface area contributed by atoms with Crippen LogP contribution in [0.2, 0.25) is 0 Å². The number of carbonyl (C=O) groups excluding carboxylic acids is 1. The molecule has 0 atom stereocenters. The van der Waals surface area contributed by atoms with E-state index in [9.17, 15) is 9.18 Å². The first-order valence-corrected chi connectivity index (χ1v) is 5.40. The monoisotopic (exact) mass is 244 g/mol. The van der Waals surface area contributed by atoms with E-state index in [1.807, 2.05) is 0 Å². The lowest BCUT2D eigenvalue weighted by atomic mass is 9.86. The Morgan fingerprint density at radius 2 is 2.12 bits per heavy atom. The van der Waals surface area contributed by atoms with Crippen molar-refractivity contribution in [1.82, 2.24) is 0 Å². The minimum atomic E-state index is -0.734. The van der Waals surface area contributed by atoms with Gasteiger partial charge in [-0.15, -0.1) is 11.6 Å². The standard InChI is InChI=1S/C12H14ClFO2/c1-12(2,7-13)11(15)9-6-8(14)4-5-10(9)16-3/h4-6H,7H2,1-3H3. The minimum absolute atomic E-state index is 0.172. The van der Waals surface area contributed by atoms with Gasteiger partial charge in [-0.3, -0.25) is 4.79 Å². The molecule has 0 saturated heterocycles. The molecule has 0 aliphatic carbocycles. The third-order valence-corrected chi connectivity index (χ3v) is 3.02. The van der Waals surface area contributed by atoms with Gasteiger partial charge in [-0.2, -0.15) is 0 Å². The molecule has 88 valence electrons. The van der Waals surface area contributed by atoms with E-state index in [-0.39, 0.29) is 17.2 Å². The van der Waals surface area contributed by atoms with Gasteiger partial charge in [0.2, 0.25) is 0 Å². The van der Waals surface area contributed by atoms with Gasteiger partial charge in [0.1, 0.15) is 11.6 Å². The summed E-state index contributed by atoms with van der Waals surface area (Å²) in [7, 11) is 1.44. The van der Waals surface area contributed by atoms with Crippen LogP contribution in [0, 0.1) is 11.2 Å². The fourth-order valence-electron chi connectivity index (χ4n) is 1.28. The Balaban J connectivity index is 3.21. The summed E-state index contributed by atoms with van der Waals surface area (Å²) in [6.45, 7) is 3.43. The van der Waals surface area contributed by atoms with Gasteiger partial charge in [0, 0.05) is 11.3 Å². The van der Waals surface area contributed by atoms with Crippen molar-refractivity contribution in [3.63, 3.8) is 0 Å². The predicted octanol–water partition coefficient (Wildman–Crippen LogP) is 3.28. The fraction of sp³-hybridized carbons (Fsp3) is 0.417. The Kier molecular flexibility index (Phi) is 3.92. The molecule has 0 radical (unpaired) electrons. The number of carbonyl (C=O) groups is 1. The second kappa shape index (κ2) is 4.83. The number of Topliss-reactive ketones (excluding diaryl/α,β-unsaturated/α-hetero) is 1. The smallest absolute Gasteiger partial charge is 0.173 e.